The first kappa shape index (κ1) is 22.9. The average molecular weight is 370 g/mol. The molecule has 0 aromatic heterocycles. The third kappa shape index (κ3) is 8.39. The molecule has 0 aliphatic heterocycles. The first-order chi connectivity index (χ1) is 13.0. The van der Waals surface area contributed by atoms with E-state index >= 15 is 0 Å². The van der Waals surface area contributed by atoms with Crippen LogP contribution in [0, 0.1) is 25.2 Å². The summed E-state index contributed by atoms with van der Waals surface area (Å²) in [4.78, 5) is 16.7. The van der Waals surface area contributed by atoms with E-state index in [0.29, 0.717) is 11.8 Å². The Kier molecular flexibility index (Phi) is 11.1. The maximum absolute atomic E-state index is 12.5. The molecule has 1 aliphatic carbocycles. The van der Waals surface area contributed by atoms with Gasteiger partial charge in [-0.1, -0.05) is 56.7 Å². The molecule has 1 N–H and O–H groups in total. The third-order valence-electron chi connectivity index (χ3n) is 4.92. The van der Waals surface area contributed by atoms with Crippen LogP contribution < -0.4 is 5.32 Å². The van der Waals surface area contributed by atoms with Gasteiger partial charge >= 0.3 is 0 Å². The summed E-state index contributed by atoms with van der Waals surface area (Å²) in [5.74, 6) is -0.0342. The predicted molar refractivity (Wildman–Crippen MR) is 113 cm³/mol. The number of aliphatic imine (C=N–C) groups is 1. The standard InChI is InChI=1S/C17H24N2O.C6H11N/c1-12-9-10-13(2)15(11-12)16(18-3)17(20)19-14-7-5-4-6-8-14;1-2-3-4-5-6-7/h9-11,14H,4-8H2,1-3H3,(H,19,20);2-5H2,1H3. The molecular weight excluding hydrogens is 334 g/mol. The molecule has 0 saturated heterocycles. The molecule has 1 saturated carbocycles. The Hall–Kier alpha value is -2.15. The van der Waals surface area contributed by atoms with Gasteiger partial charge in [0.25, 0.3) is 5.91 Å². The van der Waals surface area contributed by atoms with Gasteiger partial charge in [-0.15, -0.1) is 0 Å². The smallest absolute Gasteiger partial charge is 0.270 e. The second kappa shape index (κ2) is 13.1. The van der Waals surface area contributed by atoms with Crippen LogP contribution in [0.2, 0.25) is 0 Å². The minimum Gasteiger partial charge on any atom is -0.348 e. The minimum atomic E-state index is -0.0342. The van der Waals surface area contributed by atoms with Crippen molar-refractivity contribution in [3.05, 3.63) is 34.9 Å². The van der Waals surface area contributed by atoms with Crippen molar-refractivity contribution in [3.63, 3.8) is 0 Å². The summed E-state index contributed by atoms with van der Waals surface area (Å²) >= 11 is 0. The Bertz CT molecular complexity index is 652. The Labute approximate surface area is 165 Å². The summed E-state index contributed by atoms with van der Waals surface area (Å²) in [7, 11) is 1.69. The molecule has 4 heteroatoms. The lowest BCUT2D eigenvalue weighted by Gasteiger charge is -2.23. The molecule has 27 heavy (non-hydrogen) atoms. The van der Waals surface area contributed by atoms with Crippen LogP contribution in [0.4, 0.5) is 0 Å². The zero-order valence-electron chi connectivity index (χ0n) is 17.5. The minimum absolute atomic E-state index is 0.0342. The normalized spacial score (nSPS) is 14.7. The molecule has 0 bridgehead atoms. The maximum atomic E-state index is 12.5. The summed E-state index contributed by atoms with van der Waals surface area (Å²) in [5.41, 5.74) is 3.74. The lowest BCUT2D eigenvalue weighted by atomic mass is 9.94. The van der Waals surface area contributed by atoms with Gasteiger partial charge in [-0.25, -0.2) is 0 Å². The summed E-state index contributed by atoms with van der Waals surface area (Å²) in [6.07, 6.45) is 10.1. The molecular formula is C23H35N3O. The van der Waals surface area contributed by atoms with Crippen molar-refractivity contribution in [1.29, 1.82) is 5.26 Å². The Morgan fingerprint density at radius 2 is 1.93 bits per heavy atom. The van der Waals surface area contributed by atoms with Crippen LogP contribution in [0.1, 0.15) is 81.4 Å². The highest BCUT2D eigenvalue weighted by atomic mass is 16.1. The number of nitriles is 1. The summed E-state index contributed by atoms with van der Waals surface area (Å²) in [5, 5.41) is 11.2. The number of rotatable bonds is 6. The molecule has 0 unspecified atom stereocenters. The predicted octanol–water partition coefficient (Wildman–Crippen LogP) is 5.26. The second-order valence-electron chi connectivity index (χ2n) is 7.31. The van der Waals surface area contributed by atoms with Gasteiger partial charge in [-0.3, -0.25) is 9.79 Å². The van der Waals surface area contributed by atoms with Crippen molar-refractivity contribution in [1.82, 2.24) is 5.32 Å². The molecule has 1 aromatic carbocycles. The molecule has 0 atom stereocenters. The molecule has 1 amide bonds. The number of hydrogen-bond acceptors (Lipinski definition) is 3. The van der Waals surface area contributed by atoms with E-state index in [1.54, 1.807) is 7.05 Å². The van der Waals surface area contributed by atoms with E-state index in [0.717, 1.165) is 42.4 Å². The number of nitrogens with one attached hydrogen (secondary N) is 1. The zero-order chi connectivity index (χ0) is 20.1. The average Bonchev–Trinajstić information content (AvgIpc) is 2.67. The molecule has 2 rings (SSSR count). The van der Waals surface area contributed by atoms with Gasteiger partial charge in [0.15, 0.2) is 0 Å². The number of amides is 1. The van der Waals surface area contributed by atoms with Gasteiger partial charge in [0, 0.05) is 25.1 Å². The summed E-state index contributed by atoms with van der Waals surface area (Å²) < 4.78 is 0. The number of unbranched alkanes of at least 4 members (excludes halogenated alkanes) is 3. The molecule has 0 spiro atoms. The lowest BCUT2D eigenvalue weighted by molar-refractivity contribution is -0.115. The van der Waals surface area contributed by atoms with Gasteiger partial charge in [-0.2, -0.15) is 5.26 Å². The van der Waals surface area contributed by atoms with Gasteiger partial charge < -0.3 is 5.32 Å². The molecule has 0 heterocycles. The van der Waals surface area contributed by atoms with Crippen molar-refractivity contribution in [2.75, 3.05) is 7.05 Å². The first-order valence-electron chi connectivity index (χ1n) is 10.3. The zero-order valence-corrected chi connectivity index (χ0v) is 17.5. The first-order valence-corrected chi connectivity index (χ1v) is 10.3. The van der Waals surface area contributed by atoms with Gasteiger partial charge in [0.1, 0.15) is 5.71 Å². The van der Waals surface area contributed by atoms with Gasteiger partial charge in [0.05, 0.1) is 6.07 Å². The third-order valence-corrected chi connectivity index (χ3v) is 4.92. The molecule has 1 aliphatic rings. The van der Waals surface area contributed by atoms with Crippen LogP contribution >= 0.6 is 0 Å². The van der Waals surface area contributed by atoms with E-state index in [1.807, 2.05) is 26.0 Å². The van der Waals surface area contributed by atoms with Crippen molar-refractivity contribution < 1.29 is 4.79 Å². The number of hydrogen-bond donors (Lipinski definition) is 1. The van der Waals surface area contributed by atoms with Crippen LogP contribution in [0.5, 0.6) is 0 Å². The number of aryl methyl sites for hydroxylation is 2. The van der Waals surface area contributed by atoms with Crippen LogP contribution in [0.15, 0.2) is 23.2 Å². The summed E-state index contributed by atoms with van der Waals surface area (Å²) in [6, 6.07) is 8.57. The van der Waals surface area contributed by atoms with Crippen molar-refractivity contribution in [2.45, 2.75) is 84.6 Å². The topological polar surface area (TPSA) is 65.2 Å². The monoisotopic (exact) mass is 369 g/mol. The highest BCUT2D eigenvalue weighted by Crippen LogP contribution is 2.18. The number of carbonyl (C=O) groups excluding carboxylic acids is 1. The van der Waals surface area contributed by atoms with E-state index < -0.39 is 0 Å². The number of nitrogens with zero attached hydrogens (tertiary/aromatic N) is 2. The van der Waals surface area contributed by atoms with E-state index in [4.69, 9.17) is 5.26 Å². The fraction of sp³-hybridized carbons (Fsp3) is 0.609. The van der Waals surface area contributed by atoms with Crippen LogP contribution in [0.25, 0.3) is 0 Å². The van der Waals surface area contributed by atoms with E-state index in [1.165, 1.54) is 32.1 Å². The number of benzene rings is 1. The maximum Gasteiger partial charge on any atom is 0.270 e. The van der Waals surface area contributed by atoms with E-state index in [9.17, 15) is 4.79 Å². The highest BCUT2D eigenvalue weighted by Gasteiger charge is 2.20. The van der Waals surface area contributed by atoms with Crippen LogP contribution in [-0.2, 0) is 4.79 Å². The quantitative estimate of drug-likeness (QED) is 0.549. The number of carbonyl (C=O) groups is 1. The Balaban J connectivity index is 0.000000445. The van der Waals surface area contributed by atoms with E-state index in [2.05, 4.69) is 29.4 Å². The van der Waals surface area contributed by atoms with Crippen LogP contribution in [0.3, 0.4) is 0 Å². The highest BCUT2D eigenvalue weighted by molar-refractivity contribution is 6.45. The fourth-order valence-electron chi connectivity index (χ4n) is 3.29. The largest absolute Gasteiger partial charge is 0.348 e. The van der Waals surface area contributed by atoms with Crippen molar-refractivity contribution >= 4 is 11.6 Å². The van der Waals surface area contributed by atoms with Crippen molar-refractivity contribution in [3.8, 4) is 6.07 Å². The Morgan fingerprint density at radius 3 is 2.52 bits per heavy atom. The van der Waals surface area contributed by atoms with Gasteiger partial charge in [0.2, 0.25) is 0 Å². The molecule has 1 fully saturated rings. The molecule has 1 aromatic rings. The lowest BCUT2D eigenvalue weighted by Crippen LogP contribution is -2.40. The fourth-order valence-corrected chi connectivity index (χ4v) is 3.29. The SMILES string of the molecule is CCCCCC#N.CN=C(C(=O)NC1CCCCC1)c1cc(C)ccc1C. The van der Waals surface area contributed by atoms with E-state index in [-0.39, 0.29) is 5.91 Å². The Morgan fingerprint density at radius 1 is 1.22 bits per heavy atom. The van der Waals surface area contributed by atoms with Crippen molar-refractivity contribution in [2.24, 2.45) is 4.99 Å². The van der Waals surface area contributed by atoms with Gasteiger partial charge in [-0.05, 0) is 44.7 Å². The molecule has 0 radical (unpaired) electrons. The second-order valence-corrected chi connectivity index (χ2v) is 7.31. The summed E-state index contributed by atoms with van der Waals surface area (Å²) in [6.45, 7) is 6.19. The van der Waals surface area contributed by atoms with Crippen LogP contribution in [-0.4, -0.2) is 24.7 Å². The molecule has 148 valence electrons. The molecule has 4 nitrogen and oxygen atoms in total.